The van der Waals surface area contributed by atoms with Crippen LogP contribution in [0.2, 0.25) is 0 Å². The van der Waals surface area contributed by atoms with Crippen molar-refractivity contribution in [3.8, 4) is 6.07 Å². The van der Waals surface area contributed by atoms with Crippen LogP contribution in [0.5, 0.6) is 0 Å². The molecule has 0 saturated carbocycles. The van der Waals surface area contributed by atoms with E-state index in [1.165, 1.54) is 6.20 Å². The van der Waals surface area contributed by atoms with Crippen molar-refractivity contribution in [1.82, 2.24) is 20.1 Å². The van der Waals surface area contributed by atoms with E-state index >= 15 is 0 Å². The minimum atomic E-state index is -1.97. The highest BCUT2D eigenvalue weighted by Gasteiger charge is 2.29. The average molecular weight is 628 g/mol. The zero-order valence-electron chi connectivity index (χ0n) is 25.2. The van der Waals surface area contributed by atoms with Gasteiger partial charge in [-0.15, -0.1) is 0 Å². The molecule has 3 aromatic rings. The molecular weight excluding hydrogens is 590 g/mol. The first-order chi connectivity index (χ1) is 21.7. The largest absolute Gasteiger partial charge is 0.348 e. The Kier molecular flexibility index (Phi) is 10.5. The third-order valence-electron chi connectivity index (χ3n) is 8.78. The summed E-state index contributed by atoms with van der Waals surface area (Å²) in [5, 5.41) is 11.5. The van der Waals surface area contributed by atoms with Crippen molar-refractivity contribution in [2.45, 2.75) is 50.4 Å². The first-order valence-electron chi connectivity index (χ1n) is 15.2. The molecule has 3 heterocycles. The Morgan fingerprint density at radius 3 is 2.18 bits per heavy atom. The quantitative estimate of drug-likeness (QED) is 0.263. The monoisotopic (exact) mass is 627 g/mol. The minimum Gasteiger partial charge on any atom is -0.348 e. The summed E-state index contributed by atoms with van der Waals surface area (Å²) in [7, 11) is 0. The Morgan fingerprint density at radius 1 is 0.956 bits per heavy atom. The maximum Gasteiger partial charge on any atom is 0.270 e. The van der Waals surface area contributed by atoms with Crippen molar-refractivity contribution in [1.29, 1.82) is 5.26 Å². The normalized spacial score (nSPS) is 17.7. The first-order valence-corrected chi connectivity index (χ1v) is 16.4. The molecule has 2 amide bonds. The molecule has 234 valence electrons. The third-order valence-corrected chi connectivity index (χ3v) is 9.65. The van der Waals surface area contributed by atoms with Gasteiger partial charge in [0.15, 0.2) is 16.9 Å². The minimum absolute atomic E-state index is 0.0143. The maximum atomic E-state index is 13.1. The highest BCUT2D eigenvalue weighted by atomic mass is 32.2. The molecule has 1 aromatic heterocycles. The van der Waals surface area contributed by atoms with Crippen molar-refractivity contribution in [2.24, 2.45) is 5.92 Å². The summed E-state index contributed by atoms with van der Waals surface area (Å²) >= 11 is -1.97. The molecule has 2 aliphatic heterocycles. The van der Waals surface area contributed by atoms with Gasteiger partial charge < -0.3 is 14.8 Å². The molecule has 5 rings (SSSR count). The van der Waals surface area contributed by atoms with Crippen LogP contribution in [0.25, 0.3) is 0 Å². The zero-order chi connectivity index (χ0) is 31.9. The fraction of sp³-hybridized carbons (Fsp3) is 0.382. The molecule has 0 radical (unpaired) electrons. The topological polar surface area (TPSA) is 144 Å². The Hall–Kier alpha value is -4.24. The van der Waals surface area contributed by atoms with Crippen molar-refractivity contribution in [3.63, 3.8) is 0 Å². The summed E-state index contributed by atoms with van der Waals surface area (Å²) < 4.78 is 20.6. The molecule has 0 aliphatic carbocycles. The van der Waals surface area contributed by atoms with E-state index in [0.717, 1.165) is 38.0 Å². The van der Waals surface area contributed by atoms with Crippen molar-refractivity contribution < 1.29 is 23.1 Å². The lowest BCUT2D eigenvalue weighted by molar-refractivity contribution is 0.0649. The molecule has 2 saturated heterocycles. The van der Waals surface area contributed by atoms with E-state index in [0.29, 0.717) is 48.2 Å². The van der Waals surface area contributed by atoms with Crippen molar-refractivity contribution in [2.75, 3.05) is 26.2 Å². The van der Waals surface area contributed by atoms with Gasteiger partial charge in [0.05, 0.1) is 22.4 Å². The lowest BCUT2D eigenvalue weighted by Gasteiger charge is -2.32. The molecule has 2 unspecified atom stereocenters. The van der Waals surface area contributed by atoms with Gasteiger partial charge in [-0.1, -0.05) is 36.4 Å². The third kappa shape index (κ3) is 8.08. The number of amides is 2. The number of hydrogen-bond acceptors (Lipinski definition) is 7. The number of rotatable bonds is 9. The molecule has 2 aromatic carbocycles. The summed E-state index contributed by atoms with van der Waals surface area (Å²) in [6.07, 6.45) is 4.19. The van der Waals surface area contributed by atoms with E-state index in [4.69, 9.17) is 5.26 Å². The van der Waals surface area contributed by atoms with Crippen LogP contribution in [-0.2, 0) is 17.6 Å². The maximum absolute atomic E-state index is 13.1. The van der Waals surface area contributed by atoms with Gasteiger partial charge in [0.2, 0.25) is 0 Å². The van der Waals surface area contributed by atoms with E-state index in [1.54, 1.807) is 48.2 Å². The number of carbonyl (C=O) groups is 3. The van der Waals surface area contributed by atoms with Gasteiger partial charge in [-0.2, -0.15) is 5.26 Å². The van der Waals surface area contributed by atoms with Crippen LogP contribution >= 0.6 is 0 Å². The number of nitrogens with zero attached hydrogens (tertiary/aromatic N) is 4. The predicted molar refractivity (Wildman–Crippen MR) is 170 cm³/mol. The molecule has 11 heteroatoms. The van der Waals surface area contributed by atoms with Crippen molar-refractivity contribution in [3.05, 3.63) is 100 Å². The molecule has 2 fully saturated rings. The number of likely N-dealkylation sites (tertiary alicyclic amines) is 2. The molecule has 2 atom stereocenters. The van der Waals surface area contributed by atoms with Crippen LogP contribution < -0.4 is 5.32 Å². The second-order valence-corrected chi connectivity index (χ2v) is 13.0. The van der Waals surface area contributed by atoms with Gasteiger partial charge in [-0.25, -0.2) is 4.21 Å². The predicted octanol–water partition coefficient (Wildman–Crippen LogP) is 4.37. The number of aromatic nitrogens is 1. The smallest absolute Gasteiger partial charge is 0.270 e. The lowest BCUT2D eigenvalue weighted by atomic mass is 9.88. The van der Waals surface area contributed by atoms with E-state index < -0.39 is 16.3 Å². The fourth-order valence-corrected chi connectivity index (χ4v) is 6.28. The Morgan fingerprint density at radius 2 is 1.60 bits per heavy atom. The number of nitriles is 1. The van der Waals surface area contributed by atoms with E-state index in [9.17, 15) is 23.1 Å². The summed E-state index contributed by atoms with van der Waals surface area (Å²) in [5.41, 5.74) is 3.73. The number of carbonyl (C=O) groups excluding carboxylic acids is 3. The molecule has 2 aliphatic rings. The Labute approximate surface area is 265 Å². The summed E-state index contributed by atoms with van der Waals surface area (Å²) in [5.74, 6) is -0.618. The number of pyridine rings is 1. The van der Waals surface area contributed by atoms with Crippen LogP contribution in [0.15, 0.2) is 66.9 Å². The average Bonchev–Trinajstić information content (AvgIpc) is 3.08. The van der Waals surface area contributed by atoms with E-state index in [-0.39, 0.29) is 35.3 Å². The van der Waals surface area contributed by atoms with Gasteiger partial charge in [0.25, 0.3) is 11.8 Å². The van der Waals surface area contributed by atoms with Gasteiger partial charge in [0, 0.05) is 56.4 Å². The molecule has 2 N–H and O–H groups in total. The number of benzene rings is 2. The van der Waals surface area contributed by atoms with Crippen LogP contribution in [0, 0.1) is 17.2 Å². The molecule has 10 nitrogen and oxygen atoms in total. The Bertz CT molecular complexity index is 1570. The SMILES string of the molecule is CC(c1ccc(C(=O)C2CCN(C(=O)c3ccc(C(=O)NC4CCN(Cc5ccc(C#N)cc5)CC4)nc3)CC2)cc1)S(=O)O. The lowest BCUT2D eigenvalue weighted by Crippen LogP contribution is -2.44. The number of piperidine rings is 2. The second-order valence-electron chi connectivity index (χ2n) is 11.7. The summed E-state index contributed by atoms with van der Waals surface area (Å²) in [6, 6.07) is 19.8. The van der Waals surface area contributed by atoms with Gasteiger partial charge in [-0.3, -0.25) is 24.3 Å². The number of nitrogens with one attached hydrogen (secondary N) is 1. The van der Waals surface area contributed by atoms with Gasteiger partial charge in [0.1, 0.15) is 5.69 Å². The highest BCUT2D eigenvalue weighted by Crippen LogP contribution is 2.25. The van der Waals surface area contributed by atoms with Crippen LogP contribution in [0.1, 0.15) is 85.8 Å². The van der Waals surface area contributed by atoms with E-state index in [2.05, 4.69) is 21.3 Å². The fourth-order valence-electron chi connectivity index (χ4n) is 5.89. The van der Waals surface area contributed by atoms with E-state index in [1.807, 2.05) is 24.3 Å². The number of Topliss-reactive ketones (excluding diaryl/α,β-unsaturated/α-hetero) is 1. The molecular formula is C34H37N5O5S. The van der Waals surface area contributed by atoms with Gasteiger partial charge in [-0.05, 0) is 68.0 Å². The Balaban J connectivity index is 1.06. The molecule has 45 heavy (non-hydrogen) atoms. The van der Waals surface area contributed by atoms with Crippen LogP contribution in [0.3, 0.4) is 0 Å². The van der Waals surface area contributed by atoms with Crippen LogP contribution in [0.4, 0.5) is 0 Å². The van der Waals surface area contributed by atoms with Gasteiger partial charge >= 0.3 is 0 Å². The summed E-state index contributed by atoms with van der Waals surface area (Å²) in [6.45, 7) is 5.06. The second kappa shape index (κ2) is 14.7. The standard InChI is InChI=1S/C34H37N5O5S/c1-23(45(43)44)26-6-8-27(9-7-26)32(40)28-12-18-39(19-13-28)34(42)29-10-11-31(36-21-29)33(41)37-30-14-16-38(17-15-30)22-25-4-2-24(20-35)3-5-25/h2-11,21,23,28,30H,12-19,22H2,1H3,(H,37,41)(H,43,44). The highest BCUT2D eigenvalue weighted by molar-refractivity contribution is 7.79. The first kappa shape index (κ1) is 32.2. The summed E-state index contributed by atoms with van der Waals surface area (Å²) in [4.78, 5) is 47.4. The zero-order valence-corrected chi connectivity index (χ0v) is 26.0. The van der Waals surface area contributed by atoms with Crippen molar-refractivity contribution >= 4 is 28.7 Å². The number of hydrogen-bond donors (Lipinski definition) is 2. The molecule has 0 bridgehead atoms. The number of ketones is 1. The molecule has 0 spiro atoms. The van der Waals surface area contributed by atoms with Crippen LogP contribution in [-0.4, -0.2) is 73.4 Å².